The van der Waals surface area contributed by atoms with Gasteiger partial charge < -0.3 is 0 Å². The van der Waals surface area contributed by atoms with Crippen LogP contribution in [0.1, 0.15) is 20.0 Å². The predicted molar refractivity (Wildman–Crippen MR) is 68.2 cm³/mol. The number of rotatable bonds is 3. The molecule has 2 rings (SSSR count). The van der Waals surface area contributed by atoms with Crippen LogP contribution in [0.25, 0.3) is 10.4 Å². The van der Waals surface area contributed by atoms with Gasteiger partial charge in [0.2, 0.25) is 0 Å². The van der Waals surface area contributed by atoms with E-state index >= 15 is 0 Å². The molecular formula is C12H7BrO2S. The van der Waals surface area contributed by atoms with E-state index in [4.69, 9.17) is 0 Å². The topological polar surface area (TPSA) is 34.1 Å². The number of aldehydes is 2. The molecule has 0 amide bonds. The largest absolute Gasteiger partial charge is 0.298 e. The molecule has 2 aromatic rings. The molecule has 0 saturated carbocycles. The molecule has 0 unspecified atom stereocenters. The Bertz CT molecular complexity index is 528. The van der Waals surface area contributed by atoms with Gasteiger partial charge in [-0.3, -0.25) is 9.59 Å². The van der Waals surface area contributed by atoms with Gasteiger partial charge in [-0.1, -0.05) is 24.3 Å². The van der Waals surface area contributed by atoms with Crippen molar-refractivity contribution in [3.05, 3.63) is 45.2 Å². The van der Waals surface area contributed by atoms with E-state index in [1.807, 2.05) is 12.1 Å². The first kappa shape index (κ1) is 11.2. The van der Waals surface area contributed by atoms with Crippen LogP contribution in [-0.2, 0) is 0 Å². The molecule has 1 aromatic heterocycles. The first-order chi connectivity index (χ1) is 7.74. The van der Waals surface area contributed by atoms with Gasteiger partial charge in [0.15, 0.2) is 6.29 Å². The zero-order valence-electron chi connectivity index (χ0n) is 8.14. The van der Waals surface area contributed by atoms with Crippen LogP contribution in [0.15, 0.2) is 34.8 Å². The van der Waals surface area contributed by atoms with E-state index in [2.05, 4.69) is 15.9 Å². The second-order valence-electron chi connectivity index (χ2n) is 3.18. The summed E-state index contributed by atoms with van der Waals surface area (Å²) in [4.78, 5) is 22.8. The highest BCUT2D eigenvalue weighted by atomic mass is 79.9. The third-order valence-corrected chi connectivity index (χ3v) is 4.13. The van der Waals surface area contributed by atoms with Crippen molar-refractivity contribution in [2.24, 2.45) is 0 Å². The van der Waals surface area contributed by atoms with Gasteiger partial charge in [-0.05, 0) is 27.6 Å². The summed E-state index contributed by atoms with van der Waals surface area (Å²) in [6.45, 7) is 0. The summed E-state index contributed by atoms with van der Waals surface area (Å²) in [5.74, 6) is 0. The zero-order chi connectivity index (χ0) is 11.5. The predicted octanol–water partition coefficient (Wildman–Crippen LogP) is 3.80. The summed E-state index contributed by atoms with van der Waals surface area (Å²) < 4.78 is 0.901. The summed E-state index contributed by atoms with van der Waals surface area (Å²) in [6, 6.07) is 9.05. The van der Waals surface area contributed by atoms with Gasteiger partial charge in [0.1, 0.15) is 6.29 Å². The van der Waals surface area contributed by atoms with Crippen LogP contribution >= 0.6 is 27.3 Å². The average molecular weight is 295 g/mol. The van der Waals surface area contributed by atoms with Crippen molar-refractivity contribution in [2.45, 2.75) is 0 Å². The Hall–Kier alpha value is -1.26. The maximum absolute atomic E-state index is 10.6. The number of halogens is 1. The first-order valence-corrected chi connectivity index (χ1v) is 6.15. The van der Waals surface area contributed by atoms with Crippen LogP contribution in [0.5, 0.6) is 0 Å². The standard InChI is InChI=1S/C12H7BrO2S/c13-11-5-10(7-15)16-12(11)9-3-1-8(6-14)2-4-9/h1-7H. The van der Waals surface area contributed by atoms with Gasteiger partial charge in [-0.15, -0.1) is 11.3 Å². The lowest BCUT2D eigenvalue weighted by molar-refractivity contribution is 0.111. The average Bonchev–Trinajstić information content (AvgIpc) is 2.71. The fourth-order valence-corrected chi connectivity index (χ4v) is 3.10. The van der Waals surface area contributed by atoms with Crippen LogP contribution < -0.4 is 0 Å². The lowest BCUT2D eigenvalue weighted by Gasteiger charge is -1.98. The van der Waals surface area contributed by atoms with Crippen LogP contribution in [-0.4, -0.2) is 12.6 Å². The first-order valence-electron chi connectivity index (χ1n) is 4.54. The molecule has 0 radical (unpaired) electrons. The highest BCUT2D eigenvalue weighted by Crippen LogP contribution is 2.35. The van der Waals surface area contributed by atoms with Crippen molar-refractivity contribution < 1.29 is 9.59 Å². The summed E-state index contributed by atoms with van der Waals surface area (Å²) >= 11 is 4.84. The molecular weight excluding hydrogens is 288 g/mol. The summed E-state index contributed by atoms with van der Waals surface area (Å²) in [5.41, 5.74) is 1.64. The van der Waals surface area contributed by atoms with E-state index in [-0.39, 0.29) is 0 Å². The minimum atomic E-state index is 0.645. The Morgan fingerprint density at radius 3 is 2.25 bits per heavy atom. The minimum Gasteiger partial charge on any atom is -0.298 e. The van der Waals surface area contributed by atoms with E-state index in [1.165, 1.54) is 11.3 Å². The summed E-state index contributed by atoms with van der Waals surface area (Å²) in [6.07, 6.45) is 1.64. The highest BCUT2D eigenvalue weighted by molar-refractivity contribution is 9.10. The van der Waals surface area contributed by atoms with Gasteiger partial charge in [0.05, 0.1) is 4.88 Å². The van der Waals surface area contributed by atoms with E-state index in [0.29, 0.717) is 10.4 Å². The number of hydrogen-bond donors (Lipinski definition) is 0. The Kier molecular flexibility index (Phi) is 3.31. The van der Waals surface area contributed by atoms with Crippen LogP contribution in [0.3, 0.4) is 0 Å². The van der Waals surface area contributed by atoms with Crippen LogP contribution in [0, 0.1) is 0 Å². The molecule has 16 heavy (non-hydrogen) atoms. The van der Waals surface area contributed by atoms with Crippen LogP contribution in [0.2, 0.25) is 0 Å². The van der Waals surface area contributed by atoms with E-state index < -0.39 is 0 Å². The quantitative estimate of drug-likeness (QED) is 0.807. The molecule has 80 valence electrons. The Labute approximate surface area is 105 Å². The molecule has 0 aliphatic carbocycles. The monoisotopic (exact) mass is 294 g/mol. The molecule has 0 bridgehead atoms. The van der Waals surface area contributed by atoms with Gasteiger partial charge in [-0.25, -0.2) is 0 Å². The number of carbonyl (C=O) groups is 2. The van der Waals surface area contributed by atoms with Gasteiger partial charge in [0.25, 0.3) is 0 Å². The van der Waals surface area contributed by atoms with Gasteiger partial charge in [-0.2, -0.15) is 0 Å². The van der Waals surface area contributed by atoms with E-state index in [1.54, 1.807) is 18.2 Å². The van der Waals surface area contributed by atoms with E-state index in [9.17, 15) is 9.59 Å². The highest BCUT2D eigenvalue weighted by Gasteiger charge is 2.08. The maximum atomic E-state index is 10.6. The smallest absolute Gasteiger partial charge is 0.160 e. The lowest BCUT2D eigenvalue weighted by atomic mass is 10.1. The molecule has 1 heterocycles. The molecule has 0 atom stereocenters. The fraction of sp³-hybridized carbons (Fsp3) is 0. The Morgan fingerprint density at radius 1 is 1.06 bits per heavy atom. The van der Waals surface area contributed by atoms with E-state index in [0.717, 1.165) is 27.5 Å². The van der Waals surface area contributed by atoms with Gasteiger partial charge >= 0.3 is 0 Å². The molecule has 0 aliphatic heterocycles. The molecule has 0 saturated heterocycles. The zero-order valence-corrected chi connectivity index (χ0v) is 10.5. The Balaban J connectivity index is 2.45. The fourth-order valence-electron chi connectivity index (χ4n) is 1.35. The van der Waals surface area contributed by atoms with Crippen LogP contribution in [0.4, 0.5) is 0 Å². The van der Waals surface area contributed by atoms with Crippen molar-refractivity contribution in [1.82, 2.24) is 0 Å². The van der Waals surface area contributed by atoms with Crippen molar-refractivity contribution >= 4 is 39.8 Å². The molecule has 1 aromatic carbocycles. The maximum Gasteiger partial charge on any atom is 0.160 e. The number of hydrogen-bond acceptors (Lipinski definition) is 3. The summed E-state index contributed by atoms with van der Waals surface area (Å²) in [5, 5.41) is 0. The van der Waals surface area contributed by atoms with Crippen molar-refractivity contribution in [2.75, 3.05) is 0 Å². The van der Waals surface area contributed by atoms with Crippen molar-refractivity contribution in [1.29, 1.82) is 0 Å². The third-order valence-electron chi connectivity index (χ3n) is 2.13. The number of benzene rings is 1. The van der Waals surface area contributed by atoms with Crippen molar-refractivity contribution in [3.63, 3.8) is 0 Å². The molecule has 0 aliphatic rings. The molecule has 0 spiro atoms. The van der Waals surface area contributed by atoms with Gasteiger partial charge in [0, 0.05) is 14.9 Å². The second kappa shape index (κ2) is 4.72. The molecule has 2 nitrogen and oxygen atoms in total. The normalized spacial score (nSPS) is 10.1. The number of thiophene rings is 1. The second-order valence-corrected chi connectivity index (χ2v) is 5.12. The molecule has 4 heteroatoms. The molecule has 0 N–H and O–H groups in total. The molecule has 0 fully saturated rings. The minimum absolute atomic E-state index is 0.645. The number of carbonyl (C=O) groups excluding carboxylic acids is 2. The lowest BCUT2D eigenvalue weighted by Crippen LogP contribution is -1.79. The van der Waals surface area contributed by atoms with Crippen molar-refractivity contribution in [3.8, 4) is 10.4 Å². The third kappa shape index (κ3) is 2.13. The SMILES string of the molecule is O=Cc1ccc(-c2sc(C=O)cc2Br)cc1. The Morgan fingerprint density at radius 2 is 1.75 bits per heavy atom. The summed E-state index contributed by atoms with van der Waals surface area (Å²) in [7, 11) is 0.